The van der Waals surface area contributed by atoms with Crippen LogP contribution in [0.25, 0.3) is 0 Å². The molecule has 0 aliphatic carbocycles. The van der Waals surface area contributed by atoms with E-state index in [1.54, 1.807) is 11.1 Å². The summed E-state index contributed by atoms with van der Waals surface area (Å²) < 4.78 is 6.38. The number of hydrogen-bond acceptors (Lipinski definition) is 6. The third kappa shape index (κ3) is 6.86. The summed E-state index contributed by atoms with van der Waals surface area (Å²) in [5.74, 6) is 1.15. The summed E-state index contributed by atoms with van der Waals surface area (Å²) in [5, 5.41) is 3.17. The van der Waals surface area contributed by atoms with E-state index in [2.05, 4.69) is 46.4 Å². The molecule has 0 spiro atoms. The van der Waals surface area contributed by atoms with Crippen LogP contribution in [-0.2, 0) is 11.3 Å². The van der Waals surface area contributed by atoms with Crippen molar-refractivity contribution in [3.05, 3.63) is 77.5 Å². The molecule has 2 aromatic carbocycles. The Kier molecular flexibility index (Phi) is 9.49. The van der Waals surface area contributed by atoms with E-state index in [4.69, 9.17) is 9.72 Å². The van der Waals surface area contributed by atoms with Crippen molar-refractivity contribution in [2.45, 2.75) is 58.7 Å². The van der Waals surface area contributed by atoms with Crippen LogP contribution >= 0.6 is 0 Å². The molecular formula is C30H39N5O2. The number of aromatic nitrogens is 2. The van der Waals surface area contributed by atoms with Gasteiger partial charge in [0.25, 0.3) is 5.91 Å². The number of amides is 1. The van der Waals surface area contributed by atoms with Gasteiger partial charge in [-0.3, -0.25) is 4.79 Å². The minimum Gasteiger partial charge on any atom is -0.369 e. The molecule has 3 aromatic rings. The fourth-order valence-electron chi connectivity index (χ4n) is 4.69. The van der Waals surface area contributed by atoms with E-state index in [-0.39, 0.29) is 12.0 Å². The Balaban J connectivity index is 1.50. The standard InChI is InChI=1S/C30H39N5O2/c1-4-6-17-27(24-14-8-7-9-15-24)37-22-23-13-12-16-25(20-23)34(3)29(36)26-21-32-30(31-5-2)33-28(26)35-18-10-11-19-35/h7-9,12-16,20-21,27H,4-6,10-11,17-19,22H2,1-3H3,(H,31,32,33). The zero-order chi connectivity index (χ0) is 26.0. The van der Waals surface area contributed by atoms with Crippen LogP contribution in [0.2, 0.25) is 0 Å². The van der Waals surface area contributed by atoms with Gasteiger partial charge in [0.2, 0.25) is 5.95 Å². The number of hydrogen-bond donors (Lipinski definition) is 1. The van der Waals surface area contributed by atoms with Crippen molar-refractivity contribution in [1.82, 2.24) is 9.97 Å². The molecule has 37 heavy (non-hydrogen) atoms. The van der Waals surface area contributed by atoms with Gasteiger partial charge in [-0.2, -0.15) is 4.98 Å². The van der Waals surface area contributed by atoms with Gasteiger partial charge in [-0.1, -0.05) is 62.2 Å². The first-order chi connectivity index (χ1) is 18.1. The number of rotatable bonds is 12. The third-order valence-electron chi connectivity index (χ3n) is 6.78. The molecule has 1 N–H and O–H groups in total. The number of carbonyl (C=O) groups is 1. The molecule has 1 amide bonds. The van der Waals surface area contributed by atoms with Crippen LogP contribution in [0.1, 0.15) is 73.5 Å². The maximum absolute atomic E-state index is 13.6. The highest BCUT2D eigenvalue weighted by molar-refractivity contribution is 6.08. The Hall–Kier alpha value is -3.45. The molecule has 196 valence electrons. The number of benzene rings is 2. The molecular weight excluding hydrogens is 462 g/mol. The third-order valence-corrected chi connectivity index (χ3v) is 6.78. The number of nitrogens with one attached hydrogen (secondary N) is 1. The highest BCUT2D eigenvalue weighted by atomic mass is 16.5. The number of nitrogens with zero attached hydrogens (tertiary/aromatic N) is 4. The van der Waals surface area contributed by atoms with Crippen molar-refractivity contribution in [2.24, 2.45) is 0 Å². The normalized spacial score (nSPS) is 14.0. The lowest BCUT2D eigenvalue weighted by Crippen LogP contribution is -2.30. The lowest BCUT2D eigenvalue weighted by Gasteiger charge is -2.24. The average molecular weight is 502 g/mol. The maximum atomic E-state index is 13.6. The summed E-state index contributed by atoms with van der Waals surface area (Å²) in [6.07, 6.45) is 7.16. The number of anilines is 3. The highest BCUT2D eigenvalue weighted by Gasteiger charge is 2.25. The fraction of sp³-hybridized carbons (Fsp3) is 0.433. The smallest absolute Gasteiger partial charge is 0.263 e. The van der Waals surface area contributed by atoms with E-state index >= 15 is 0 Å². The van der Waals surface area contributed by atoms with Crippen molar-refractivity contribution >= 4 is 23.4 Å². The Morgan fingerprint density at radius 1 is 1.11 bits per heavy atom. The monoisotopic (exact) mass is 501 g/mol. The SMILES string of the molecule is CCCCC(OCc1cccc(N(C)C(=O)c2cnc(NCC)nc2N2CCCC2)c1)c1ccccc1. The number of carbonyl (C=O) groups excluding carboxylic acids is 1. The van der Waals surface area contributed by atoms with Gasteiger partial charge in [0, 0.05) is 38.6 Å². The fourth-order valence-corrected chi connectivity index (χ4v) is 4.69. The van der Waals surface area contributed by atoms with E-state index < -0.39 is 0 Å². The molecule has 0 bridgehead atoms. The molecule has 0 saturated carbocycles. The first-order valence-electron chi connectivity index (χ1n) is 13.5. The predicted octanol–water partition coefficient (Wildman–Crippen LogP) is 6.23. The van der Waals surface area contributed by atoms with Crippen LogP contribution in [0.4, 0.5) is 17.5 Å². The summed E-state index contributed by atoms with van der Waals surface area (Å²) in [4.78, 5) is 26.6. The highest BCUT2D eigenvalue weighted by Crippen LogP contribution is 2.28. The minimum atomic E-state index is -0.117. The van der Waals surface area contributed by atoms with Crippen LogP contribution in [0, 0.1) is 0 Å². The second-order valence-electron chi connectivity index (χ2n) is 9.54. The quantitative estimate of drug-likeness (QED) is 0.317. The summed E-state index contributed by atoms with van der Waals surface area (Å²) in [6, 6.07) is 18.4. The summed E-state index contributed by atoms with van der Waals surface area (Å²) in [7, 11) is 1.81. The van der Waals surface area contributed by atoms with Crippen molar-refractivity contribution in [3.8, 4) is 0 Å². The molecule has 1 aromatic heterocycles. The molecule has 4 rings (SSSR count). The van der Waals surface area contributed by atoms with Crippen molar-refractivity contribution in [3.63, 3.8) is 0 Å². The summed E-state index contributed by atoms with van der Waals surface area (Å²) in [5.41, 5.74) is 3.58. The van der Waals surface area contributed by atoms with E-state index in [9.17, 15) is 4.79 Å². The summed E-state index contributed by atoms with van der Waals surface area (Å²) >= 11 is 0. The van der Waals surface area contributed by atoms with E-state index in [1.807, 2.05) is 44.3 Å². The first-order valence-corrected chi connectivity index (χ1v) is 13.5. The zero-order valence-electron chi connectivity index (χ0n) is 22.3. The van der Waals surface area contributed by atoms with Gasteiger partial charge < -0.3 is 19.9 Å². The maximum Gasteiger partial charge on any atom is 0.263 e. The first kappa shape index (κ1) is 26.6. The topological polar surface area (TPSA) is 70.6 Å². The number of unbranched alkanes of at least 4 members (excludes halogenated alkanes) is 1. The van der Waals surface area contributed by atoms with Crippen LogP contribution < -0.4 is 15.1 Å². The Labute approximate surface area is 220 Å². The molecule has 1 atom stereocenters. The second kappa shape index (κ2) is 13.2. The van der Waals surface area contributed by atoms with Crippen molar-refractivity contribution in [2.75, 3.05) is 41.8 Å². The molecule has 1 unspecified atom stereocenters. The molecule has 1 saturated heterocycles. The van der Waals surface area contributed by atoms with E-state index in [0.29, 0.717) is 23.9 Å². The molecule has 1 aliphatic rings. The van der Waals surface area contributed by atoms with E-state index in [1.165, 1.54) is 5.56 Å². The lowest BCUT2D eigenvalue weighted by molar-refractivity contribution is 0.0324. The van der Waals surface area contributed by atoms with Gasteiger partial charge in [-0.25, -0.2) is 4.98 Å². The number of ether oxygens (including phenoxy) is 1. The van der Waals surface area contributed by atoms with Crippen LogP contribution in [0.15, 0.2) is 60.8 Å². The molecule has 1 aliphatic heterocycles. The summed E-state index contributed by atoms with van der Waals surface area (Å²) in [6.45, 7) is 7.23. The average Bonchev–Trinajstić information content (AvgIpc) is 3.48. The van der Waals surface area contributed by atoms with Gasteiger partial charge in [-0.15, -0.1) is 0 Å². The molecule has 7 nitrogen and oxygen atoms in total. The van der Waals surface area contributed by atoms with Crippen LogP contribution in [0.3, 0.4) is 0 Å². The minimum absolute atomic E-state index is 0.0552. The van der Waals surface area contributed by atoms with Crippen LogP contribution in [-0.4, -0.2) is 42.6 Å². The van der Waals surface area contributed by atoms with Gasteiger partial charge in [-0.05, 0) is 49.4 Å². The zero-order valence-corrected chi connectivity index (χ0v) is 22.3. The van der Waals surface area contributed by atoms with Crippen molar-refractivity contribution in [1.29, 1.82) is 0 Å². The molecule has 0 radical (unpaired) electrons. The van der Waals surface area contributed by atoms with Gasteiger partial charge in [0.15, 0.2) is 0 Å². The molecule has 7 heteroatoms. The lowest BCUT2D eigenvalue weighted by atomic mass is 10.0. The Bertz CT molecular complexity index is 1150. The molecule has 1 fully saturated rings. The Morgan fingerprint density at radius 2 is 1.89 bits per heavy atom. The van der Waals surface area contributed by atoms with Gasteiger partial charge >= 0.3 is 0 Å². The second-order valence-corrected chi connectivity index (χ2v) is 9.54. The van der Waals surface area contributed by atoms with Crippen LogP contribution in [0.5, 0.6) is 0 Å². The van der Waals surface area contributed by atoms with E-state index in [0.717, 1.165) is 63.0 Å². The van der Waals surface area contributed by atoms with Gasteiger partial charge in [0.1, 0.15) is 11.4 Å². The van der Waals surface area contributed by atoms with Crippen molar-refractivity contribution < 1.29 is 9.53 Å². The predicted molar refractivity (Wildman–Crippen MR) is 150 cm³/mol. The van der Waals surface area contributed by atoms with Gasteiger partial charge in [0.05, 0.1) is 12.7 Å². The molecule has 2 heterocycles. The largest absolute Gasteiger partial charge is 0.369 e. The Morgan fingerprint density at radius 3 is 2.62 bits per heavy atom.